The molecule has 0 aliphatic heterocycles. The first-order valence-corrected chi connectivity index (χ1v) is 10.5. The van der Waals surface area contributed by atoms with E-state index in [1.165, 1.54) is 44.9 Å². The summed E-state index contributed by atoms with van der Waals surface area (Å²) < 4.78 is 0. The van der Waals surface area contributed by atoms with Crippen molar-refractivity contribution in [3.63, 3.8) is 0 Å². The molecule has 3 fully saturated rings. The van der Waals surface area contributed by atoms with Gasteiger partial charge in [-0.3, -0.25) is 0 Å². The molecule has 6 atom stereocenters. The van der Waals surface area contributed by atoms with Gasteiger partial charge in [-0.15, -0.1) is 0 Å². The van der Waals surface area contributed by atoms with E-state index in [-0.39, 0.29) is 0 Å². The summed E-state index contributed by atoms with van der Waals surface area (Å²) in [6, 6.07) is 0. The molecule has 6 unspecified atom stereocenters. The summed E-state index contributed by atoms with van der Waals surface area (Å²) in [5, 5.41) is 0. The first kappa shape index (κ1) is 17.6. The van der Waals surface area contributed by atoms with E-state index >= 15 is 0 Å². The van der Waals surface area contributed by atoms with Crippen LogP contribution in [0.25, 0.3) is 0 Å². The third-order valence-electron chi connectivity index (χ3n) is 9.09. The minimum atomic E-state index is 0.565. The van der Waals surface area contributed by atoms with Gasteiger partial charge in [0.15, 0.2) is 0 Å². The fourth-order valence-electron chi connectivity index (χ4n) is 7.89. The Morgan fingerprint density at radius 3 is 2.35 bits per heavy atom. The van der Waals surface area contributed by atoms with Gasteiger partial charge in [-0.05, 0) is 67.1 Å². The van der Waals surface area contributed by atoms with Gasteiger partial charge in [0, 0.05) is 5.41 Å². The van der Waals surface area contributed by atoms with Gasteiger partial charge in [0.1, 0.15) is 0 Å². The van der Waals surface area contributed by atoms with E-state index in [1.807, 2.05) is 0 Å². The van der Waals surface area contributed by atoms with Crippen LogP contribution in [-0.2, 0) is 0 Å². The van der Waals surface area contributed by atoms with Crippen LogP contribution < -0.4 is 0 Å². The van der Waals surface area contributed by atoms with Crippen LogP contribution >= 0.6 is 0 Å². The van der Waals surface area contributed by atoms with Crippen molar-refractivity contribution in [2.45, 2.75) is 93.4 Å². The van der Waals surface area contributed by atoms with E-state index in [9.17, 15) is 0 Å². The van der Waals surface area contributed by atoms with Gasteiger partial charge in [0.2, 0.25) is 0 Å². The smallest absolute Gasteiger partial charge is 0.0000163 e. The summed E-state index contributed by atoms with van der Waals surface area (Å²) in [4.78, 5) is 0. The quantitative estimate of drug-likeness (QED) is 0.357. The number of unbranched alkanes of at least 4 members (excludes halogenated alkanes) is 3. The highest BCUT2D eigenvalue weighted by Crippen LogP contribution is 2.86. The Hall–Kier alpha value is -0.260. The molecule has 0 heterocycles. The van der Waals surface area contributed by atoms with Gasteiger partial charge in [-0.2, -0.15) is 0 Å². The SMILES string of the molecule is CCCCCC=C(C)C12C(C)C1CC1(C(CC)CC1(C)C)C2C. The van der Waals surface area contributed by atoms with Crippen LogP contribution in [0.5, 0.6) is 0 Å². The highest BCUT2D eigenvalue weighted by atomic mass is 14.8. The Labute approximate surface area is 145 Å². The molecule has 3 rings (SSSR count). The van der Waals surface area contributed by atoms with Crippen LogP contribution in [0.1, 0.15) is 93.4 Å². The molecule has 132 valence electrons. The Morgan fingerprint density at radius 2 is 1.78 bits per heavy atom. The first-order chi connectivity index (χ1) is 10.8. The largest absolute Gasteiger partial charge is 0.0850 e. The molecule has 0 amide bonds. The molecule has 0 aromatic carbocycles. The van der Waals surface area contributed by atoms with Crippen molar-refractivity contribution in [1.82, 2.24) is 0 Å². The lowest BCUT2D eigenvalue weighted by Gasteiger charge is -2.65. The van der Waals surface area contributed by atoms with E-state index in [1.54, 1.807) is 5.57 Å². The second-order valence-electron chi connectivity index (χ2n) is 9.87. The zero-order valence-electron chi connectivity index (χ0n) is 16.8. The summed E-state index contributed by atoms with van der Waals surface area (Å²) in [6.45, 7) is 17.5. The molecule has 23 heavy (non-hydrogen) atoms. The maximum atomic E-state index is 2.64. The molecule has 0 aromatic rings. The highest BCUT2D eigenvalue weighted by molar-refractivity contribution is 5.37. The van der Waals surface area contributed by atoms with E-state index in [2.05, 4.69) is 54.5 Å². The number of hydrogen-bond acceptors (Lipinski definition) is 0. The summed E-state index contributed by atoms with van der Waals surface area (Å²) in [5.74, 6) is 3.77. The highest BCUT2D eigenvalue weighted by Gasteiger charge is 2.80. The van der Waals surface area contributed by atoms with Crippen molar-refractivity contribution in [3.05, 3.63) is 11.6 Å². The lowest BCUT2D eigenvalue weighted by Crippen LogP contribution is -2.58. The molecular weight excluding hydrogens is 276 g/mol. The van der Waals surface area contributed by atoms with Crippen LogP contribution in [0, 0.1) is 39.9 Å². The van der Waals surface area contributed by atoms with Gasteiger partial charge < -0.3 is 0 Å². The Kier molecular flexibility index (Phi) is 4.30. The summed E-state index contributed by atoms with van der Waals surface area (Å²) in [5.41, 5.74) is 3.53. The Bertz CT molecular complexity index is 484. The van der Waals surface area contributed by atoms with Gasteiger partial charge >= 0.3 is 0 Å². The minimum absolute atomic E-state index is 0.565. The molecule has 0 radical (unpaired) electrons. The molecule has 1 spiro atoms. The van der Waals surface area contributed by atoms with Crippen molar-refractivity contribution < 1.29 is 0 Å². The zero-order valence-corrected chi connectivity index (χ0v) is 16.8. The molecule has 0 heteroatoms. The predicted octanol–water partition coefficient (Wildman–Crippen LogP) is 7.25. The first-order valence-electron chi connectivity index (χ1n) is 10.5. The van der Waals surface area contributed by atoms with Gasteiger partial charge in [-0.1, -0.05) is 72.5 Å². The monoisotopic (exact) mass is 316 g/mol. The van der Waals surface area contributed by atoms with Crippen molar-refractivity contribution in [1.29, 1.82) is 0 Å². The maximum absolute atomic E-state index is 2.64. The third-order valence-corrected chi connectivity index (χ3v) is 9.09. The van der Waals surface area contributed by atoms with Gasteiger partial charge in [0.25, 0.3) is 0 Å². The fraction of sp³-hybridized carbons (Fsp3) is 0.913. The number of hydrogen-bond donors (Lipinski definition) is 0. The lowest BCUT2D eigenvalue weighted by molar-refractivity contribution is -0.165. The lowest BCUT2D eigenvalue weighted by atomic mass is 9.39. The number of fused-ring (bicyclic) bond motifs is 1. The van der Waals surface area contributed by atoms with Crippen LogP contribution in [0.15, 0.2) is 11.6 Å². The average Bonchev–Trinajstić information content (AvgIpc) is 2.96. The second kappa shape index (κ2) is 5.63. The maximum Gasteiger partial charge on any atom is 0.0000163 e. The standard InChI is InChI=1S/C23H40/c1-8-10-11-12-13-16(3)23-17(4)20(23)15-22(18(23)5)19(9-2)14-21(22,6)7/h13,17-20H,8-12,14-15H2,1-7H3. The molecule has 0 nitrogen and oxygen atoms in total. The Morgan fingerprint density at radius 1 is 1.09 bits per heavy atom. The van der Waals surface area contributed by atoms with Crippen LogP contribution in [0.2, 0.25) is 0 Å². The van der Waals surface area contributed by atoms with Crippen molar-refractivity contribution in [2.24, 2.45) is 39.9 Å². The van der Waals surface area contributed by atoms with Crippen molar-refractivity contribution in [3.8, 4) is 0 Å². The molecule has 3 aliphatic rings. The van der Waals surface area contributed by atoms with Gasteiger partial charge in [0.05, 0.1) is 0 Å². The fourth-order valence-corrected chi connectivity index (χ4v) is 7.89. The number of rotatable bonds is 6. The number of allylic oxidation sites excluding steroid dienone is 2. The topological polar surface area (TPSA) is 0 Å². The van der Waals surface area contributed by atoms with Crippen LogP contribution in [0.4, 0.5) is 0 Å². The van der Waals surface area contributed by atoms with Crippen LogP contribution in [-0.4, -0.2) is 0 Å². The summed E-state index contributed by atoms with van der Waals surface area (Å²) in [7, 11) is 0. The average molecular weight is 317 g/mol. The molecule has 0 N–H and O–H groups in total. The predicted molar refractivity (Wildman–Crippen MR) is 101 cm³/mol. The Balaban J connectivity index is 1.84. The molecular formula is C23H40. The van der Waals surface area contributed by atoms with Crippen LogP contribution in [0.3, 0.4) is 0 Å². The van der Waals surface area contributed by atoms with Crippen molar-refractivity contribution in [2.75, 3.05) is 0 Å². The molecule has 0 saturated heterocycles. The van der Waals surface area contributed by atoms with E-state index in [0.717, 1.165) is 23.7 Å². The van der Waals surface area contributed by atoms with Crippen molar-refractivity contribution >= 4 is 0 Å². The molecule has 0 bridgehead atoms. The molecule has 3 aliphatic carbocycles. The zero-order chi connectivity index (χ0) is 17.0. The molecule has 0 aromatic heterocycles. The molecule has 3 saturated carbocycles. The third kappa shape index (κ3) is 2.02. The normalized spacial score (nSPS) is 47.5. The van der Waals surface area contributed by atoms with E-state index < -0.39 is 0 Å². The van der Waals surface area contributed by atoms with Gasteiger partial charge in [-0.25, -0.2) is 0 Å². The second-order valence-corrected chi connectivity index (χ2v) is 9.87. The summed E-state index contributed by atoms with van der Waals surface area (Å²) in [6.07, 6.45) is 12.4. The summed E-state index contributed by atoms with van der Waals surface area (Å²) >= 11 is 0. The van der Waals surface area contributed by atoms with E-state index in [0.29, 0.717) is 16.2 Å². The minimum Gasteiger partial charge on any atom is -0.0850 e. The van der Waals surface area contributed by atoms with E-state index in [4.69, 9.17) is 0 Å².